The van der Waals surface area contributed by atoms with Crippen LogP contribution in [0.1, 0.15) is 33.1 Å². The van der Waals surface area contributed by atoms with E-state index in [1.165, 1.54) is 12.2 Å². The summed E-state index contributed by atoms with van der Waals surface area (Å²) in [5, 5.41) is 31.9. The van der Waals surface area contributed by atoms with E-state index in [2.05, 4.69) is 6.58 Å². The molecule has 5 nitrogen and oxygen atoms in total. The van der Waals surface area contributed by atoms with Crippen LogP contribution in [0.15, 0.2) is 36.0 Å². The van der Waals surface area contributed by atoms with E-state index in [0.717, 1.165) is 0 Å². The molecule has 4 rings (SSSR count). The smallest absolute Gasteiger partial charge is 0.194 e. The van der Waals surface area contributed by atoms with Crippen LogP contribution in [-0.4, -0.2) is 51.4 Å². The summed E-state index contributed by atoms with van der Waals surface area (Å²) >= 11 is 0. The van der Waals surface area contributed by atoms with Gasteiger partial charge in [-0.3, -0.25) is 9.59 Å². The molecule has 3 fully saturated rings. The molecule has 0 radical (unpaired) electrons. The lowest BCUT2D eigenvalue weighted by Gasteiger charge is -2.59. The van der Waals surface area contributed by atoms with E-state index in [0.29, 0.717) is 17.6 Å². The molecule has 28 heavy (non-hydrogen) atoms. The van der Waals surface area contributed by atoms with Gasteiger partial charge in [0.05, 0.1) is 6.10 Å². The number of aliphatic hydroxyl groups excluding tert-OH is 2. The molecule has 0 saturated heterocycles. The minimum atomic E-state index is -1.93. The minimum absolute atomic E-state index is 0.126. The van der Waals surface area contributed by atoms with Crippen molar-refractivity contribution in [1.82, 2.24) is 0 Å². The number of Topliss-reactive ketones (excluding diaryl/α,β-unsaturated/α-hetero) is 1. The summed E-state index contributed by atoms with van der Waals surface area (Å²) in [7, 11) is 0. The average molecular weight is 390 g/mol. The summed E-state index contributed by atoms with van der Waals surface area (Å²) in [6, 6.07) is 0. The van der Waals surface area contributed by atoms with Gasteiger partial charge in [-0.1, -0.05) is 26.5 Å². The Bertz CT molecular complexity index is 831. The minimum Gasteiger partial charge on any atom is -0.393 e. The van der Waals surface area contributed by atoms with Crippen LogP contribution >= 0.6 is 0 Å². The third-order valence-corrected chi connectivity index (χ3v) is 8.22. The summed E-state index contributed by atoms with van der Waals surface area (Å²) < 4.78 is 15.2. The molecular formula is C22H27FO5. The Kier molecular flexibility index (Phi) is 4.17. The molecule has 4 aliphatic rings. The third-order valence-electron chi connectivity index (χ3n) is 8.22. The van der Waals surface area contributed by atoms with E-state index in [9.17, 15) is 24.9 Å². The first kappa shape index (κ1) is 19.7. The lowest BCUT2D eigenvalue weighted by Crippen LogP contribution is -2.63. The number of ketones is 2. The lowest BCUT2D eigenvalue weighted by molar-refractivity contribution is -0.176. The van der Waals surface area contributed by atoms with E-state index in [4.69, 9.17) is 0 Å². The zero-order valence-corrected chi connectivity index (χ0v) is 16.2. The van der Waals surface area contributed by atoms with Crippen LogP contribution in [0.25, 0.3) is 0 Å². The van der Waals surface area contributed by atoms with Crippen molar-refractivity contribution in [1.29, 1.82) is 0 Å². The predicted octanol–water partition coefficient (Wildman–Crippen LogP) is 1.67. The van der Waals surface area contributed by atoms with Crippen molar-refractivity contribution in [2.24, 2.45) is 28.6 Å². The second kappa shape index (κ2) is 5.94. The molecule has 0 aromatic heterocycles. The molecule has 0 aliphatic heterocycles. The maximum absolute atomic E-state index is 15.2. The van der Waals surface area contributed by atoms with Crippen LogP contribution < -0.4 is 0 Å². The van der Waals surface area contributed by atoms with Gasteiger partial charge < -0.3 is 15.3 Å². The first-order valence-electron chi connectivity index (χ1n) is 9.83. The van der Waals surface area contributed by atoms with Crippen molar-refractivity contribution in [3.63, 3.8) is 0 Å². The Labute approximate surface area is 163 Å². The highest BCUT2D eigenvalue weighted by Crippen LogP contribution is 2.68. The fourth-order valence-corrected chi connectivity index (χ4v) is 6.92. The predicted molar refractivity (Wildman–Crippen MR) is 99.9 cm³/mol. The van der Waals surface area contributed by atoms with Crippen LogP contribution in [0.2, 0.25) is 0 Å². The van der Waals surface area contributed by atoms with Gasteiger partial charge in [0.25, 0.3) is 0 Å². The maximum Gasteiger partial charge on any atom is 0.194 e. The Morgan fingerprint density at radius 2 is 2.07 bits per heavy atom. The van der Waals surface area contributed by atoms with Crippen molar-refractivity contribution in [2.45, 2.75) is 51.0 Å². The Balaban J connectivity index is 1.82. The average Bonchev–Trinajstić information content (AvgIpc) is 2.83. The first-order chi connectivity index (χ1) is 13.0. The van der Waals surface area contributed by atoms with Crippen LogP contribution in [0.4, 0.5) is 4.39 Å². The largest absolute Gasteiger partial charge is 0.393 e. The molecule has 0 bridgehead atoms. The molecule has 4 aliphatic carbocycles. The van der Waals surface area contributed by atoms with Crippen molar-refractivity contribution in [3.05, 3.63) is 36.0 Å². The fourth-order valence-electron chi connectivity index (χ4n) is 6.92. The number of rotatable bonds is 2. The maximum atomic E-state index is 15.2. The molecule has 1 unspecified atom stereocenters. The normalized spacial score (nSPS) is 49.9. The topological polar surface area (TPSA) is 94.8 Å². The van der Waals surface area contributed by atoms with E-state index in [1.807, 2.05) is 6.92 Å². The van der Waals surface area contributed by atoms with Crippen molar-refractivity contribution in [2.75, 3.05) is 6.61 Å². The van der Waals surface area contributed by atoms with Crippen LogP contribution in [0.5, 0.6) is 0 Å². The molecule has 3 saturated carbocycles. The number of hydrogen-bond acceptors (Lipinski definition) is 5. The molecule has 3 N–H and O–H groups in total. The molecule has 0 amide bonds. The molecule has 8 atom stereocenters. The van der Waals surface area contributed by atoms with E-state index >= 15 is 4.39 Å². The van der Waals surface area contributed by atoms with Gasteiger partial charge in [0.1, 0.15) is 12.8 Å². The highest BCUT2D eigenvalue weighted by atomic mass is 19.1. The zero-order chi connectivity index (χ0) is 20.6. The molecule has 0 spiro atoms. The molecular weight excluding hydrogens is 363 g/mol. The number of alkyl halides is 1. The SMILES string of the molecule is C=C1C[C@H]2[C@@H]3C[C@H](F)C4=CC(=O)C=C[C@]4(C)[C@H]3C(O)C[C@]2(C)[C@@]1(O)C(=O)CO. The molecule has 0 heterocycles. The van der Waals surface area contributed by atoms with Gasteiger partial charge in [0, 0.05) is 16.7 Å². The van der Waals surface area contributed by atoms with E-state index in [1.54, 1.807) is 13.0 Å². The fraction of sp³-hybridized carbons (Fsp3) is 0.636. The quantitative estimate of drug-likeness (QED) is 0.624. The monoisotopic (exact) mass is 390 g/mol. The number of fused-ring (bicyclic) bond motifs is 5. The number of carbonyl (C=O) groups is 2. The van der Waals surface area contributed by atoms with Crippen LogP contribution in [-0.2, 0) is 9.59 Å². The molecule has 0 aromatic rings. The number of halogens is 1. The second-order valence-corrected chi connectivity index (χ2v) is 9.41. The van der Waals surface area contributed by atoms with Crippen LogP contribution in [0, 0.1) is 28.6 Å². The molecule has 152 valence electrons. The summed E-state index contributed by atoms with van der Waals surface area (Å²) in [6.07, 6.45) is 2.87. The summed E-state index contributed by atoms with van der Waals surface area (Å²) in [6.45, 7) is 6.69. The Morgan fingerprint density at radius 3 is 2.71 bits per heavy atom. The van der Waals surface area contributed by atoms with E-state index < -0.39 is 41.1 Å². The second-order valence-electron chi connectivity index (χ2n) is 9.41. The van der Waals surface area contributed by atoms with Crippen molar-refractivity contribution < 1.29 is 29.3 Å². The van der Waals surface area contributed by atoms with Crippen LogP contribution in [0.3, 0.4) is 0 Å². The highest BCUT2D eigenvalue weighted by molar-refractivity contribution is 6.01. The number of carbonyl (C=O) groups excluding carboxylic acids is 2. The zero-order valence-electron chi connectivity index (χ0n) is 16.2. The van der Waals surface area contributed by atoms with E-state index in [-0.39, 0.29) is 36.4 Å². The van der Waals surface area contributed by atoms with Gasteiger partial charge in [0.15, 0.2) is 17.2 Å². The van der Waals surface area contributed by atoms with Gasteiger partial charge in [-0.15, -0.1) is 0 Å². The molecule has 0 aromatic carbocycles. The van der Waals surface area contributed by atoms with Gasteiger partial charge >= 0.3 is 0 Å². The van der Waals surface area contributed by atoms with Crippen molar-refractivity contribution in [3.8, 4) is 0 Å². The summed E-state index contributed by atoms with van der Waals surface area (Å²) in [5.74, 6) is -1.85. The number of aliphatic hydroxyl groups is 3. The van der Waals surface area contributed by atoms with Gasteiger partial charge in [-0.25, -0.2) is 4.39 Å². The molecule has 6 heteroatoms. The first-order valence-corrected chi connectivity index (χ1v) is 9.83. The number of hydrogen-bond donors (Lipinski definition) is 3. The van der Waals surface area contributed by atoms with Gasteiger partial charge in [0.2, 0.25) is 0 Å². The Hall–Kier alpha value is -1.63. The lowest BCUT2D eigenvalue weighted by atomic mass is 9.46. The third kappa shape index (κ3) is 2.17. The standard InChI is InChI=1S/C22H27FO5/c1-11-6-14-13-8-16(23)15-7-12(25)4-5-20(15,2)19(13)17(26)9-21(14,3)22(11,28)18(27)10-24/h4-5,7,13-14,16-17,19,24,26,28H,1,6,8-10H2,2-3H3/t13-,14-,16-,17?,19+,20-,21-,22-/m0/s1. The van der Waals surface area contributed by atoms with Gasteiger partial charge in [-0.2, -0.15) is 0 Å². The summed E-state index contributed by atoms with van der Waals surface area (Å²) in [4.78, 5) is 24.3. The number of allylic oxidation sites excluding steroid dienone is 4. The van der Waals surface area contributed by atoms with Gasteiger partial charge in [-0.05, 0) is 54.4 Å². The Morgan fingerprint density at radius 1 is 1.39 bits per heavy atom. The highest BCUT2D eigenvalue weighted by Gasteiger charge is 2.70. The summed E-state index contributed by atoms with van der Waals surface area (Å²) in [5.41, 5.74) is -3.03. The van der Waals surface area contributed by atoms with Crippen molar-refractivity contribution >= 4 is 11.6 Å².